The maximum absolute atomic E-state index is 11.0. The van der Waals surface area contributed by atoms with E-state index in [9.17, 15) is 9.59 Å². The van der Waals surface area contributed by atoms with E-state index < -0.39 is 5.97 Å². The molecule has 1 aromatic carbocycles. The summed E-state index contributed by atoms with van der Waals surface area (Å²) < 4.78 is 15.0. The second-order valence-electron chi connectivity index (χ2n) is 3.24. The van der Waals surface area contributed by atoms with Crippen LogP contribution < -0.4 is 9.47 Å². The Kier molecular flexibility index (Phi) is 5.45. The number of carbonyl (C=O) groups is 2. The Morgan fingerprint density at radius 3 is 2.56 bits per heavy atom. The van der Waals surface area contributed by atoms with Gasteiger partial charge in [-0.2, -0.15) is 0 Å². The molecule has 98 valence electrons. The van der Waals surface area contributed by atoms with Crippen molar-refractivity contribution in [2.45, 2.75) is 6.92 Å². The zero-order chi connectivity index (χ0) is 13.5. The van der Waals surface area contributed by atoms with Gasteiger partial charge in [0.15, 0.2) is 24.4 Å². The van der Waals surface area contributed by atoms with E-state index in [2.05, 4.69) is 4.74 Å². The van der Waals surface area contributed by atoms with Gasteiger partial charge in [0, 0.05) is 11.6 Å². The van der Waals surface area contributed by atoms with Gasteiger partial charge >= 0.3 is 5.97 Å². The SMILES string of the molecule is CCOc1cc(C=O)c(Cl)cc1OCC(=O)OC. The summed E-state index contributed by atoms with van der Waals surface area (Å²) in [7, 11) is 1.26. The van der Waals surface area contributed by atoms with E-state index in [1.54, 1.807) is 6.92 Å². The van der Waals surface area contributed by atoms with Crippen LogP contribution >= 0.6 is 11.6 Å². The molecule has 0 heterocycles. The van der Waals surface area contributed by atoms with Gasteiger partial charge in [-0.3, -0.25) is 4.79 Å². The largest absolute Gasteiger partial charge is 0.490 e. The number of benzene rings is 1. The monoisotopic (exact) mass is 272 g/mol. The smallest absolute Gasteiger partial charge is 0.343 e. The lowest BCUT2D eigenvalue weighted by Crippen LogP contribution is -2.13. The van der Waals surface area contributed by atoms with Crippen LogP contribution in [0.25, 0.3) is 0 Å². The van der Waals surface area contributed by atoms with E-state index in [1.807, 2.05) is 0 Å². The third kappa shape index (κ3) is 3.63. The van der Waals surface area contributed by atoms with Crippen LogP contribution in [0, 0.1) is 0 Å². The summed E-state index contributed by atoms with van der Waals surface area (Å²) >= 11 is 5.87. The molecule has 0 bridgehead atoms. The molecule has 0 unspecified atom stereocenters. The number of halogens is 1. The maximum Gasteiger partial charge on any atom is 0.343 e. The average Bonchev–Trinajstić information content (AvgIpc) is 2.38. The topological polar surface area (TPSA) is 61.8 Å². The molecule has 1 rings (SSSR count). The quantitative estimate of drug-likeness (QED) is 0.586. The van der Waals surface area contributed by atoms with Gasteiger partial charge < -0.3 is 14.2 Å². The minimum absolute atomic E-state index is 0.230. The van der Waals surface area contributed by atoms with Crippen molar-refractivity contribution in [3.8, 4) is 11.5 Å². The van der Waals surface area contributed by atoms with Crippen molar-refractivity contribution in [2.75, 3.05) is 20.3 Å². The van der Waals surface area contributed by atoms with Crippen LogP contribution in [0.2, 0.25) is 5.02 Å². The highest BCUT2D eigenvalue weighted by Crippen LogP contribution is 2.32. The molecule has 0 radical (unpaired) electrons. The number of rotatable bonds is 6. The van der Waals surface area contributed by atoms with Gasteiger partial charge in [-0.1, -0.05) is 11.6 Å². The molecule has 0 aliphatic rings. The van der Waals surface area contributed by atoms with E-state index in [-0.39, 0.29) is 17.4 Å². The first kappa shape index (κ1) is 14.3. The molecule has 0 spiro atoms. The Morgan fingerprint density at radius 2 is 2.00 bits per heavy atom. The first-order valence-corrected chi connectivity index (χ1v) is 5.61. The number of ether oxygens (including phenoxy) is 3. The van der Waals surface area contributed by atoms with Crippen LogP contribution in [0.5, 0.6) is 11.5 Å². The van der Waals surface area contributed by atoms with Crippen LogP contribution in [-0.2, 0) is 9.53 Å². The van der Waals surface area contributed by atoms with Crippen molar-refractivity contribution in [1.82, 2.24) is 0 Å². The predicted molar refractivity (Wildman–Crippen MR) is 65.5 cm³/mol. The molecule has 1 aromatic rings. The highest BCUT2D eigenvalue weighted by molar-refractivity contribution is 6.33. The molecule has 18 heavy (non-hydrogen) atoms. The van der Waals surface area contributed by atoms with Gasteiger partial charge in [-0.25, -0.2) is 4.79 Å². The van der Waals surface area contributed by atoms with Crippen molar-refractivity contribution in [2.24, 2.45) is 0 Å². The molecule has 0 saturated heterocycles. The molecule has 0 fully saturated rings. The van der Waals surface area contributed by atoms with Gasteiger partial charge in [0.25, 0.3) is 0 Å². The van der Waals surface area contributed by atoms with Gasteiger partial charge in [-0.15, -0.1) is 0 Å². The van der Waals surface area contributed by atoms with E-state index in [0.717, 1.165) is 0 Å². The van der Waals surface area contributed by atoms with Crippen LogP contribution in [-0.4, -0.2) is 32.6 Å². The first-order valence-electron chi connectivity index (χ1n) is 5.23. The molecular weight excluding hydrogens is 260 g/mol. The summed E-state index contributed by atoms with van der Waals surface area (Å²) in [6.45, 7) is 1.93. The zero-order valence-electron chi connectivity index (χ0n) is 10.1. The number of carbonyl (C=O) groups excluding carboxylic acids is 2. The summed E-state index contributed by atoms with van der Waals surface area (Å²) in [5.74, 6) is 0.124. The number of esters is 1. The second kappa shape index (κ2) is 6.86. The fraction of sp³-hybridized carbons (Fsp3) is 0.333. The van der Waals surface area contributed by atoms with Crippen LogP contribution in [0.4, 0.5) is 0 Å². The Morgan fingerprint density at radius 1 is 1.33 bits per heavy atom. The second-order valence-corrected chi connectivity index (χ2v) is 3.64. The zero-order valence-corrected chi connectivity index (χ0v) is 10.8. The molecule has 0 N–H and O–H groups in total. The van der Waals surface area contributed by atoms with Gasteiger partial charge in [0.05, 0.1) is 18.7 Å². The van der Waals surface area contributed by atoms with E-state index >= 15 is 0 Å². The van der Waals surface area contributed by atoms with E-state index in [4.69, 9.17) is 21.1 Å². The molecule has 0 saturated carbocycles. The molecule has 0 aliphatic carbocycles. The third-order valence-electron chi connectivity index (χ3n) is 2.06. The number of hydrogen-bond donors (Lipinski definition) is 0. The van der Waals surface area contributed by atoms with E-state index in [0.29, 0.717) is 24.2 Å². The Hall–Kier alpha value is -1.75. The summed E-state index contributed by atoms with van der Waals surface area (Å²) in [6, 6.07) is 2.89. The van der Waals surface area contributed by atoms with Crippen molar-refractivity contribution in [3.05, 3.63) is 22.7 Å². The molecule has 0 aliphatic heterocycles. The van der Waals surface area contributed by atoms with Crippen molar-refractivity contribution >= 4 is 23.9 Å². The summed E-state index contributed by atoms with van der Waals surface area (Å²) in [5.41, 5.74) is 0.297. The highest BCUT2D eigenvalue weighted by atomic mass is 35.5. The first-order chi connectivity index (χ1) is 8.62. The number of methoxy groups -OCH3 is 1. The average molecular weight is 273 g/mol. The maximum atomic E-state index is 11.0. The highest BCUT2D eigenvalue weighted by Gasteiger charge is 2.12. The Balaban J connectivity index is 2.97. The molecule has 6 heteroatoms. The Bertz CT molecular complexity index is 444. The van der Waals surface area contributed by atoms with E-state index in [1.165, 1.54) is 19.2 Å². The molecule has 0 amide bonds. The minimum Gasteiger partial charge on any atom is -0.490 e. The summed E-state index contributed by atoms with van der Waals surface area (Å²) in [6.07, 6.45) is 0.620. The van der Waals surface area contributed by atoms with Crippen LogP contribution in [0.1, 0.15) is 17.3 Å². The van der Waals surface area contributed by atoms with Gasteiger partial charge in [0.2, 0.25) is 0 Å². The lowest BCUT2D eigenvalue weighted by molar-refractivity contribution is -0.142. The minimum atomic E-state index is -0.520. The number of hydrogen-bond acceptors (Lipinski definition) is 5. The van der Waals surface area contributed by atoms with Gasteiger partial charge in [0.1, 0.15) is 0 Å². The van der Waals surface area contributed by atoms with Crippen LogP contribution in [0.15, 0.2) is 12.1 Å². The fourth-order valence-electron chi connectivity index (χ4n) is 1.22. The van der Waals surface area contributed by atoms with Gasteiger partial charge in [-0.05, 0) is 13.0 Å². The normalized spacial score (nSPS) is 9.72. The summed E-state index contributed by atoms with van der Waals surface area (Å²) in [4.78, 5) is 21.7. The number of aldehydes is 1. The standard InChI is InChI=1S/C12H13ClO5/c1-3-17-10-4-8(6-14)9(13)5-11(10)18-7-12(15)16-2/h4-6H,3,7H2,1-2H3. The fourth-order valence-corrected chi connectivity index (χ4v) is 1.42. The van der Waals surface area contributed by atoms with Crippen molar-refractivity contribution in [1.29, 1.82) is 0 Å². The molecular formula is C12H13ClO5. The molecule has 5 nitrogen and oxygen atoms in total. The van der Waals surface area contributed by atoms with Crippen molar-refractivity contribution < 1.29 is 23.8 Å². The lowest BCUT2D eigenvalue weighted by atomic mass is 10.2. The Labute approximate surface area is 110 Å². The van der Waals surface area contributed by atoms with Crippen molar-refractivity contribution in [3.63, 3.8) is 0 Å². The third-order valence-corrected chi connectivity index (χ3v) is 2.39. The molecule has 0 aromatic heterocycles. The predicted octanol–water partition coefficient (Wildman–Crippen LogP) is 2.10. The lowest BCUT2D eigenvalue weighted by Gasteiger charge is -2.12. The molecule has 0 atom stereocenters. The van der Waals surface area contributed by atoms with Crippen LogP contribution in [0.3, 0.4) is 0 Å². The summed E-state index contributed by atoms with van der Waals surface area (Å²) in [5, 5.41) is 0.230.